The van der Waals surface area contributed by atoms with Crippen molar-refractivity contribution < 1.29 is 23.9 Å². The number of hydrogen-bond donors (Lipinski definition) is 2. The van der Waals surface area contributed by atoms with Crippen LogP contribution in [0.5, 0.6) is 0 Å². The fourth-order valence-electron chi connectivity index (χ4n) is 2.38. The number of carboxylic acids is 1. The molecule has 0 spiro atoms. The molecular weight excluding hydrogens is 341 g/mol. The number of aliphatic carboxylic acids is 1. The molecule has 24 heavy (non-hydrogen) atoms. The fourth-order valence-corrected chi connectivity index (χ4v) is 2.62. The number of nitrogens with one attached hydrogen (secondary N) is 1. The normalized spacial score (nSPS) is 15.2. The molecule has 2 rings (SSSR count). The van der Waals surface area contributed by atoms with Gasteiger partial charge in [0.25, 0.3) is 5.91 Å². The maximum atomic E-state index is 13.0. The van der Waals surface area contributed by atoms with E-state index in [9.17, 15) is 18.8 Å². The van der Waals surface area contributed by atoms with Crippen molar-refractivity contribution in [3.63, 3.8) is 0 Å². The molecule has 2 amide bonds. The van der Waals surface area contributed by atoms with E-state index in [0.717, 1.165) is 6.07 Å². The Bertz CT molecular complexity index is 648. The van der Waals surface area contributed by atoms with Crippen LogP contribution in [0, 0.1) is 5.82 Å². The number of carbonyl (C=O) groups excluding carboxylic acids is 2. The van der Waals surface area contributed by atoms with Crippen LogP contribution >= 0.6 is 11.6 Å². The highest BCUT2D eigenvalue weighted by Crippen LogP contribution is 2.19. The van der Waals surface area contributed by atoms with Gasteiger partial charge < -0.3 is 15.3 Å². The smallest absolute Gasteiger partial charge is 0.322 e. The Kier molecular flexibility index (Phi) is 6.10. The lowest BCUT2D eigenvalue weighted by atomic mass is 10.1. The lowest BCUT2D eigenvalue weighted by molar-refractivity contribution is -0.138. The summed E-state index contributed by atoms with van der Waals surface area (Å²) in [6, 6.07) is 3.63. The van der Waals surface area contributed by atoms with Gasteiger partial charge in [-0.2, -0.15) is 0 Å². The first-order valence-corrected chi connectivity index (χ1v) is 7.70. The summed E-state index contributed by atoms with van der Waals surface area (Å²) in [5.74, 6) is -2.27. The minimum atomic E-state index is -1.10. The van der Waals surface area contributed by atoms with Gasteiger partial charge in [0, 0.05) is 26.2 Å². The van der Waals surface area contributed by atoms with E-state index in [2.05, 4.69) is 5.32 Å². The zero-order valence-electron chi connectivity index (χ0n) is 12.8. The van der Waals surface area contributed by atoms with E-state index in [4.69, 9.17) is 16.7 Å². The molecule has 0 radical (unpaired) electrons. The summed E-state index contributed by atoms with van der Waals surface area (Å²) in [7, 11) is 0. The summed E-state index contributed by atoms with van der Waals surface area (Å²) in [6.45, 7) is 1.42. The highest BCUT2D eigenvalue weighted by molar-refractivity contribution is 6.33. The second-order valence-electron chi connectivity index (χ2n) is 5.36. The van der Waals surface area contributed by atoms with Gasteiger partial charge >= 0.3 is 5.97 Å². The predicted molar refractivity (Wildman–Crippen MR) is 84.4 cm³/mol. The van der Waals surface area contributed by atoms with Crippen molar-refractivity contribution in [3.05, 3.63) is 34.6 Å². The number of benzene rings is 1. The number of nitrogens with zero attached hydrogens (tertiary/aromatic N) is 2. The first-order chi connectivity index (χ1) is 11.4. The molecule has 1 aliphatic heterocycles. The maximum Gasteiger partial charge on any atom is 0.322 e. The minimum Gasteiger partial charge on any atom is -0.480 e. The molecule has 0 aromatic heterocycles. The molecule has 0 bridgehead atoms. The third kappa shape index (κ3) is 4.90. The minimum absolute atomic E-state index is 0.0653. The summed E-state index contributed by atoms with van der Waals surface area (Å²) in [6.07, 6.45) is 0. The van der Waals surface area contributed by atoms with Crippen molar-refractivity contribution >= 4 is 29.4 Å². The number of rotatable bonds is 5. The maximum absolute atomic E-state index is 13.0. The summed E-state index contributed by atoms with van der Waals surface area (Å²) in [5, 5.41) is 10.9. The highest BCUT2D eigenvalue weighted by Gasteiger charge is 2.24. The van der Waals surface area contributed by atoms with E-state index in [0.29, 0.717) is 26.2 Å². The molecule has 0 unspecified atom stereocenters. The Balaban J connectivity index is 1.85. The predicted octanol–water partition coefficient (Wildman–Crippen LogP) is 0.438. The quantitative estimate of drug-likeness (QED) is 0.798. The summed E-state index contributed by atoms with van der Waals surface area (Å²) >= 11 is 5.90. The highest BCUT2D eigenvalue weighted by atomic mass is 35.5. The molecule has 7 nitrogen and oxygen atoms in total. The molecular formula is C15H17ClFN3O4. The summed E-state index contributed by atoms with van der Waals surface area (Å²) in [5.41, 5.74) is 0.241. The lowest BCUT2D eigenvalue weighted by Gasteiger charge is -2.34. The Morgan fingerprint density at radius 1 is 1.21 bits per heavy atom. The standard InChI is InChI=1S/C15H17ClFN3O4/c16-12-7-10(17)1-2-11(12)15(24)20-5-3-19(4-6-20)9-13(21)18-8-14(22)23/h1-2,7H,3-6,8-9H2,(H,18,21)(H,22,23). The molecule has 1 saturated heterocycles. The van der Waals surface area contributed by atoms with Gasteiger partial charge in [-0.05, 0) is 18.2 Å². The topological polar surface area (TPSA) is 89.9 Å². The van der Waals surface area contributed by atoms with Crippen molar-refractivity contribution in [2.75, 3.05) is 39.3 Å². The van der Waals surface area contributed by atoms with Crippen molar-refractivity contribution in [2.45, 2.75) is 0 Å². The van der Waals surface area contributed by atoms with E-state index in [1.165, 1.54) is 12.1 Å². The summed E-state index contributed by atoms with van der Waals surface area (Å²) < 4.78 is 13.0. The molecule has 1 aromatic carbocycles. The lowest BCUT2D eigenvalue weighted by Crippen LogP contribution is -2.51. The van der Waals surface area contributed by atoms with Crippen LogP contribution in [-0.4, -0.2) is 72.0 Å². The Morgan fingerprint density at radius 2 is 1.88 bits per heavy atom. The number of piperazine rings is 1. The first kappa shape index (κ1) is 18.2. The zero-order valence-corrected chi connectivity index (χ0v) is 13.6. The largest absolute Gasteiger partial charge is 0.480 e. The second-order valence-corrected chi connectivity index (χ2v) is 5.77. The molecule has 9 heteroatoms. The molecule has 0 atom stereocenters. The monoisotopic (exact) mass is 357 g/mol. The van der Waals surface area contributed by atoms with Crippen LogP contribution in [0.2, 0.25) is 5.02 Å². The van der Waals surface area contributed by atoms with Gasteiger partial charge in [0.1, 0.15) is 12.4 Å². The SMILES string of the molecule is O=C(O)CNC(=O)CN1CCN(C(=O)c2ccc(F)cc2Cl)CC1. The molecule has 1 fully saturated rings. The van der Waals surface area contributed by atoms with Crippen LogP contribution in [0.1, 0.15) is 10.4 Å². The zero-order chi connectivity index (χ0) is 17.7. The van der Waals surface area contributed by atoms with Crippen molar-refractivity contribution in [1.82, 2.24) is 15.1 Å². The Hall–Kier alpha value is -2.19. The van der Waals surface area contributed by atoms with Gasteiger partial charge in [0.2, 0.25) is 5.91 Å². The van der Waals surface area contributed by atoms with Gasteiger partial charge in [-0.15, -0.1) is 0 Å². The van der Waals surface area contributed by atoms with Crippen LogP contribution in [0.25, 0.3) is 0 Å². The third-order valence-electron chi connectivity index (χ3n) is 3.63. The average molecular weight is 358 g/mol. The van der Waals surface area contributed by atoms with Crippen LogP contribution in [0.3, 0.4) is 0 Å². The number of amides is 2. The van der Waals surface area contributed by atoms with Gasteiger partial charge in [0.05, 0.1) is 17.1 Å². The van der Waals surface area contributed by atoms with Gasteiger partial charge in [-0.1, -0.05) is 11.6 Å². The van der Waals surface area contributed by atoms with E-state index in [1.807, 2.05) is 4.90 Å². The number of carbonyl (C=O) groups is 3. The summed E-state index contributed by atoms with van der Waals surface area (Å²) in [4.78, 5) is 37.8. The van der Waals surface area contributed by atoms with Crippen LogP contribution in [0.4, 0.5) is 4.39 Å². The van der Waals surface area contributed by atoms with E-state index in [-0.39, 0.29) is 28.9 Å². The van der Waals surface area contributed by atoms with E-state index >= 15 is 0 Å². The second kappa shape index (κ2) is 8.07. The molecule has 1 aromatic rings. The third-order valence-corrected chi connectivity index (χ3v) is 3.94. The molecule has 130 valence electrons. The van der Waals surface area contributed by atoms with Gasteiger partial charge in [-0.3, -0.25) is 19.3 Å². The number of hydrogen-bond acceptors (Lipinski definition) is 4. The Labute approximate surface area is 143 Å². The van der Waals surface area contributed by atoms with Crippen molar-refractivity contribution in [1.29, 1.82) is 0 Å². The molecule has 1 heterocycles. The number of carboxylic acid groups (broad SMARTS) is 1. The molecule has 0 aliphatic carbocycles. The van der Waals surface area contributed by atoms with Crippen LogP contribution in [-0.2, 0) is 9.59 Å². The van der Waals surface area contributed by atoms with Gasteiger partial charge in [-0.25, -0.2) is 4.39 Å². The van der Waals surface area contributed by atoms with E-state index < -0.39 is 18.3 Å². The first-order valence-electron chi connectivity index (χ1n) is 7.32. The fraction of sp³-hybridized carbons (Fsp3) is 0.400. The molecule has 1 aliphatic rings. The van der Waals surface area contributed by atoms with Crippen LogP contribution < -0.4 is 5.32 Å². The number of halogens is 2. The average Bonchev–Trinajstić information content (AvgIpc) is 2.53. The van der Waals surface area contributed by atoms with Crippen LogP contribution in [0.15, 0.2) is 18.2 Å². The molecule has 2 N–H and O–H groups in total. The Morgan fingerprint density at radius 3 is 2.46 bits per heavy atom. The van der Waals surface area contributed by atoms with E-state index in [1.54, 1.807) is 4.90 Å². The van der Waals surface area contributed by atoms with Gasteiger partial charge in [0.15, 0.2) is 0 Å². The molecule has 0 saturated carbocycles. The van der Waals surface area contributed by atoms with Crippen molar-refractivity contribution in [2.24, 2.45) is 0 Å². The van der Waals surface area contributed by atoms with Crippen molar-refractivity contribution in [3.8, 4) is 0 Å².